The number of hydrogen-bond donors (Lipinski definition) is 0. The average Bonchev–Trinajstić information content (AvgIpc) is 3.14. The van der Waals surface area contributed by atoms with E-state index in [2.05, 4.69) is 10.3 Å². The van der Waals surface area contributed by atoms with E-state index in [9.17, 15) is 9.59 Å². The van der Waals surface area contributed by atoms with Gasteiger partial charge < -0.3 is 14.5 Å². The first-order valence-electron chi connectivity index (χ1n) is 10.3. The molecule has 2 saturated heterocycles. The molecule has 3 fully saturated rings. The van der Waals surface area contributed by atoms with Gasteiger partial charge in [0.25, 0.3) is 0 Å². The maximum Gasteiger partial charge on any atom is 0.228 e. The average molecular weight is 395 g/mol. The highest BCUT2D eigenvalue weighted by Crippen LogP contribution is 2.39. The van der Waals surface area contributed by atoms with E-state index in [1.54, 1.807) is 12.0 Å². The molecule has 5 rings (SSSR count). The number of carbonyl (C=O) groups is 2. The van der Waals surface area contributed by atoms with Gasteiger partial charge >= 0.3 is 0 Å². The molecule has 3 heterocycles. The van der Waals surface area contributed by atoms with Gasteiger partial charge in [0, 0.05) is 43.9 Å². The molecule has 3 aliphatic rings. The molecule has 8 heteroatoms. The second-order valence-electron chi connectivity index (χ2n) is 8.23. The molecule has 1 aliphatic carbocycles. The van der Waals surface area contributed by atoms with Crippen LogP contribution in [-0.4, -0.2) is 58.5 Å². The molecule has 2 aromatic rings. The molecule has 0 bridgehead atoms. The summed E-state index contributed by atoms with van der Waals surface area (Å²) in [5.41, 5.74) is 1.88. The van der Waals surface area contributed by atoms with Crippen molar-refractivity contribution in [2.24, 2.45) is 5.92 Å². The molecule has 29 heavy (non-hydrogen) atoms. The zero-order valence-electron chi connectivity index (χ0n) is 16.5. The Labute approximate surface area is 169 Å². The lowest BCUT2D eigenvalue weighted by atomic mass is 10.1. The minimum absolute atomic E-state index is 0.00499. The van der Waals surface area contributed by atoms with Crippen molar-refractivity contribution >= 4 is 17.5 Å². The minimum atomic E-state index is -0.291. The first kappa shape index (κ1) is 18.1. The Morgan fingerprint density at radius 2 is 1.93 bits per heavy atom. The van der Waals surface area contributed by atoms with Crippen LogP contribution >= 0.6 is 0 Å². The van der Waals surface area contributed by atoms with Gasteiger partial charge in [0.15, 0.2) is 0 Å². The molecule has 152 valence electrons. The molecule has 1 saturated carbocycles. The number of carbonyl (C=O) groups excluding carboxylic acids is 2. The maximum atomic E-state index is 13.1. The number of likely N-dealkylation sites (tertiary alicyclic amines) is 1. The molecule has 2 aliphatic heterocycles. The fraction of sp³-hybridized carbons (Fsp3) is 0.524. The van der Waals surface area contributed by atoms with E-state index in [4.69, 9.17) is 4.74 Å². The highest BCUT2D eigenvalue weighted by Gasteiger charge is 2.39. The van der Waals surface area contributed by atoms with Gasteiger partial charge in [-0.2, -0.15) is 0 Å². The largest absolute Gasteiger partial charge is 0.497 e. The van der Waals surface area contributed by atoms with Crippen LogP contribution in [-0.2, 0) is 9.59 Å². The molecule has 0 radical (unpaired) electrons. The zero-order chi connectivity index (χ0) is 20.0. The summed E-state index contributed by atoms with van der Waals surface area (Å²) in [6.07, 6.45) is 5.59. The van der Waals surface area contributed by atoms with E-state index in [0.717, 1.165) is 23.6 Å². The standard InChI is InChI=1S/C21H25N5O3/c1-29-18-6-4-16(5-7-18)25-11-15(10-20(25)27)21(28)24-9-8-17(12-24)26-13-19(22-23-26)14-2-3-14/h4-7,13-15,17H,2-3,8-12H2,1H3. The molecule has 2 amide bonds. The zero-order valence-corrected chi connectivity index (χ0v) is 16.5. The van der Waals surface area contributed by atoms with Crippen LogP contribution in [0.25, 0.3) is 0 Å². The third kappa shape index (κ3) is 3.47. The number of nitrogens with zero attached hydrogens (tertiary/aromatic N) is 5. The summed E-state index contributed by atoms with van der Waals surface area (Å²) in [5, 5.41) is 8.57. The Balaban J connectivity index is 1.22. The van der Waals surface area contributed by atoms with Crippen molar-refractivity contribution in [3.63, 3.8) is 0 Å². The fourth-order valence-electron chi connectivity index (χ4n) is 4.34. The molecule has 1 aromatic carbocycles. The lowest BCUT2D eigenvalue weighted by Crippen LogP contribution is -2.36. The third-order valence-corrected chi connectivity index (χ3v) is 6.23. The van der Waals surface area contributed by atoms with Gasteiger partial charge in [-0.3, -0.25) is 9.59 Å². The molecule has 2 unspecified atom stereocenters. The number of ether oxygens (including phenoxy) is 1. The molecular weight excluding hydrogens is 370 g/mol. The van der Waals surface area contributed by atoms with E-state index in [-0.39, 0.29) is 30.2 Å². The molecule has 1 aromatic heterocycles. The summed E-state index contributed by atoms with van der Waals surface area (Å²) in [7, 11) is 1.61. The molecule has 2 atom stereocenters. The highest BCUT2D eigenvalue weighted by atomic mass is 16.5. The summed E-state index contributed by atoms with van der Waals surface area (Å²) < 4.78 is 7.10. The molecular formula is C21H25N5O3. The van der Waals surface area contributed by atoms with Crippen LogP contribution in [0.5, 0.6) is 5.75 Å². The monoisotopic (exact) mass is 395 g/mol. The van der Waals surface area contributed by atoms with Crippen LogP contribution in [0.15, 0.2) is 30.5 Å². The van der Waals surface area contributed by atoms with Gasteiger partial charge in [-0.1, -0.05) is 5.21 Å². The SMILES string of the molecule is COc1ccc(N2CC(C(=O)N3CCC(n4cc(C5CC5)nn4)C3)CC2=O)cc1. The van der Waals surface area contributed by atoms with Gasteiger partial charge in [-0.25, -0.2) is 4.68 Å². The van der Waals surface area contributed by atoms with E-state index in [1.807, 2.05) is 40.0 Å². The second kappa shape index (κ2) is 7.17. The third-order valence-electron chi connectivity index (χ3n) is 6.23. The van der Waals surface area contributed by atoms with Crippen molar-refractivity contribution in [2.75, 3.05) is 31.6 Å². The Morgan fingerprint density at radius 1 is 1.14 bits per heavy atom. The number of amides is 2. The Bertz CT molecular complexity index is 921. The fourth-order valence-corrected chi connectivity index (χ4v) is 4.34. The molecule has 8 nitrogen and oxygen atoms in total. The number of methoxy groups -OCH3 is 1. The first-order valence-corrected chi connectivity index (χ1v) is 10.3. The first-order chi connectivity index (χ1) is 14.1. The van der Waals surface area contributed by atoms with E-state index < -0.39 is 0 Å². The van der Waals surface area contributed by atoms with Crippen LogP contribution in [0.2, 0.25) is 0 Å². The maximum absolute atomic E-state index is 13.1. The number of benzene rings is 1. The summed E-state index contributed by atoms with van der Waals surface area (Å²) in [6, 6.07) is 7.55. The van der Waals surface area contributed by atoms with Crippen LogP contribution in [0, 0.1) is 5.92 Å². The normalized spacial score (nSPS) is 24.4. The van der Waals surface area contributed by atoms with Crippen molar-refractivity contribution in [3.05, 3.63) is 36.2 Å². The van der Waals surface area contributed by atoms with Crippen molar-refractivity contribution in [1.29, 1.82) is 0 Å². The van der Waals surface area contributed by atoms with Crippen molar-refractivity contribution < 1.29 is 14.3 Å². The van der Waals surface area contributed by atoms with Crippen LogP contribution in [0.4, 0.5) is 5.69 Å². The number of hydrogen-bond acceptors (Lipinski definition) is 5. The van der Waals surface area contributed by atoms with Crippen LogP contribution in [0.3, 0.4) is 0 Å². The Kier molecular flexibility index (Phi) is 4.49. The van der Waals surface area contributed by atoms with E-state index >= 15 is 0 Å². The highest BCUT2D eigenvalue weighted by molar-refractivity contribution is 6.00. The van der Waals surface area contributed by atoms with Gasteiger partial charge in [0.1, 0.15) is 5.75 Å². The van der Waals surface area contributed by atoms with Crippen molar-refractivity contribution in [2.45, 2.75) is 37.6 Å². The number of aromatic nitrogens is 3. The molecule has 0 spiro atoms. The summed E-state index contributed by atoms with van der Waals surface area (Å²) >= 11 is 0. The van der Waals surface area contributed by atoms with Gasteiger partial charge in [0.2, 0.25) is 11.8 Å². The Hall–Kier alpha value is -2.90. The minimum Gasteiger partial charge on any atom is -0.497 e. The topological polar surface area (TPSA) is 80.6 Å². The van der Waals surface area contributed by atoms with Crippen molar-refractivity contribution in [3.8, 4) is 5.75 Å². The summed E-state index contributed by atoms with van der Waals surface area (Å²) in [6.45, 7) is 1.77. The van der Waals surface area contributed by atoms with E-state index in [1.165, 1.54) is 12.8 Å². The quantitative estimate of drug-likeness (QED) is 0.773. The Morgan fingerprint density at radius 3 is 2.66 bits per heavy atom. The number of rotatable bonds is 5. The predicted molar refractivity (Wildman–Crippen MR) is 106 cm³/mol. The van der Waals surface area contributed by atoms with Crippen molar-refractivity contribution in [1.82, 2.24) is 19.9 Å². The van der Waals surface area contributed by atoms with Gasteiger partial charge in [0.05, 0.1) is 24.8 Å². The van der Waals surface area contributed by atoms with Crippen LogP contribution < -0.4 is 9.64 Å². The van der Waals surface area contributed by atoms with E-state index in [0.29, 0.717) is 25.6 Å². The van der Waals surface area contributed by atoms with Crippen LogP contribution in [0.1, 0.15) is 43.3 Å². The smallest absolute Gasteiger partial charge is 0.228 e. The lowest BCUT2D eigenvalue weighted by Gasteiger charge is -2.21. The predicted octanol–water partition coefficient (Wildman–Crippen LogP) is 1.99. The summed E-state index contributed by atoms with van der Waals surface area (Å²) in [4.78, 5) is 29.2. The summed E-state index contributed by atoms with van der Waals surface area (Å²) in [5.74, 6) is 1.10. The number of anilines is 1. The second-order valence-corrected chi connectivity index (χ2v) is 8.23. The van der Waals surface area contributed by atoms with Gasteiger partial charge in [-0.15, -0.1) is 5.10 Å². The van der Waals surface area contributed by atoms with Gasteiger partial charge in [-0.05, 0) is 43.5 Å². The lowest BCUT2D eigenvalue weighted by molar-refractivity contribution is -0.134. The molecule has 0 N–H and O–H groups in total.